The highest BCUT2D eigenvalue weighted by atomic mass is 16.2. The van der Waals surface area contributed by atoms with Crippen LogP contribution >= 0.6 is 0 Å². The molecule has 0 radical (unpaired) electrons. The van der Waals surface area contributed by atoms with Crippen LogP contribution in [-0.2, 0) is 0 Å². The van der Waals surface area contributed by atoms with Crippen molar-refractivity contribution in [1.82, 2.24) is 9.88 Å². The molecule has 1 heterocycles. The lowest BCUT2D eigenvalue weighted by molar-refractivity contribution is 0.0700. The Morgan fingerprint density at radius 1 is 1.47 bits per heavy atom. The summed E-state index contributed by atoms with van der Waals surface area (Å²) in [5.41, 5.74) is 0.499. The van der Waals surface area contributed by atoms with Crippen LogP contribution in [0.4, 0.5) is 5.82 Å². The first-order valence-corrected chi connectivity index (χ1v) is 6.06. The van der Waals surface area contributed by atoms with E-state index in [1.165, 1.54) is 0 Å². The van der Waals surface area contributed by atoms with Gasteiger partial charge in [-0.05, 0) is 32.4 Å². The molecule has 1 rings (SSSR count). The van der Waals surface area contributed by atoms with Crippen LogP contribution in [0.3, 0.4) is 0 Å². The Morgan fingerprint density at radius 3 is 2.71 bits per heavy atom. The van der Waals surface area contributed by atoms with Gasteiger partial charge in [-0.3, -0.25) is 4.79 Å². The molecule has 0 aromatic carbocycles. The minimum atomic E-state index is -0.000972. The lowest BCUT2D eigenvalue weighted by Crippen LogP contribution is -2.38. The molecular weight excluding hydrogens is 214 g/mol. The molecule has 1 N–H and O–H groups in total. The van der Waals surface area contributed by atoms with Gasteiger partial charge in [0.1, 0.15) is 11.5 Å². The normalized spacial score (nSPS) is 10.4. The number of pyridine rings is 1. The van der Waals surface area contributed by atoms with E-state index in [0.717, 1.165) is 18.8 Å². The van der Waals surface area contributed by atoms with Gasteiger partial charge in [0.15, 0.2) is 0 Å². The van der Waals surface area contributed by atoms with Crippen LogP contribution < -0.4 is 5.32 Å². The highest BCUT2D eigenvalue weighted by molar-refractivity contribution is 5.92. The van der Waals surface area contributed by atoms with Gasteiger partial charge in [-0.15, -0.1) is 0 Å². The molecule has 0 unspecified atom stereocenters. The summed E-state index contributed by atoms with van der Waals surface area (Å²) in [4.78, 5) is 18.4. The molecule has 0 atom stereocenters. The average Bonchev–Trinajstić information content (AvgIpc) is 2.34. The van der Waals surface area contributed by atoms with Gasteiger partial charge in [0.25, 0.3) is 5.91 Å². The summed E-state index contributed by atoms with van der Waals surface area (Å²) in [6.07, 6.45) is 0.954. The Balaban J connectivity index is 2.92. The van der Waals surface area contributed by atoms with Gasteiger partial charge in [-0.2, -0.15) is 0 Å². The van der Waals surface area contributed by atoms with Crippen molar-refractivity contribution < 1.29 is 4.79 Å². The molecule has 1 aromatic heterocycles. The molecule has 0 saturated carbocycles. The monoisotopic (exact) mass is 235 g/mol. The summed E-state index contributed by atoms with van der Waals surface area (Å²) in [7, 11) is 1.79. The van der Waals surface area contributed by atoms with Crippen LogP contribution in [0.15, 0.2) is 18.2 Å². The second kappa shape index (κ2) is 6.23. The van der Waals surface area contributed by atoms with Crippen LogP contribution in [-0.4, -0.2) is 35.4 Å². The Labute approximate surface area is 103 Å². The van der Waals surface area contributed by atoms with Gasteiger partial charge in [0, 0.05) is 19.6 Å². The Kier molecular flexibility index (Phi) is 4.94. The first-order chi connectivity index (χ1) is 8.10. The van der Waals surface area contributed by atoms with E-state index in [0.29, 0.717) is 5.69 Å². The van der Waals surface area contributed by atoms with Crippen LogP contribution in [0.5, 0.6) is 0 Å². The number of nitrogens with zero attached hydrogens (tertiary/aromatic N) is 2. The third-order valence-corrected chi connectivity index (χ3v) is 2.57. The van der Waals surface area contributed by atoms with E-state index in [1.54, 1.807) is 13.1 Å². The third-order valence-electron chi connectivity index (χ3n) is 2.57. The molecular formula is C13H21N3O. The maximum Gasteiger partial charge on any atom is 0.272 e. The van der Waals surface area contributed by atoms with Crippen LogP contribution in [0, 0.1) is 0 Å². The lowest BCUT2D eigenvalue weighted by atomic mass is 10.2. The topological polar surface area (TPSA) is 45.2 Å². The number of hydrogen-bond donors (Lipinski definition) is 1. The molecule has 4 nitrogen and oxygen atoms in total. The molecule has 94 valence electrons. The molecule has 0 saturated heterocycles. The Bertz CT molecular complexity index is 377. The van der Waals surface area contributed by atoms with E-state index in [1.807, 2.05) is 30.9 Å². The van der Waals surface area contributed by atoms with Crippen molar-refractivity contribution in [2.75, 3.05) is 18.9 Å². The number of carbonyl (C=O) groups excluding carboxylic acids is 1. The lowest BCUT2D eigenvalue weighted by Gasteiger charge is -2.26. The fourth-order valence-corrected chi connectivity index (χ4v) is 1.68. The molecule has 0 fully saturated rings. The van der Waals surface area contributed by atoms with Crippen molar-refractivity contribution >= 4 is 11.7 Å². The summed E-state index contributed by atoms with van der Waals surface area (Å²) in [6.45, 7) is 6.88. The fourth-order valence-electron chi connectivity index (χ4n) is 1.68. The molecule has 0 aliphatic rings. The number of nitrogens with one attached hydrogen (secondary N) is 1. The van der Waals surface area contributed by atoms with Crippen LogP contribution in [0.1, 0.15) is 37.7 Å². The largest absolute Gasteiger partial charge is 0.373 e. The number of amides is 1. The van der Waals surface area contributed by atoms with Crippen molar-refractivity contribution in [1.29, 1.82) is 0 Å². The fraction of sp³-hybridized carbons (Fsp3) is 0.538. The van der Waals surface area contributed by atoms with E-state index in [-0.39, 0.29) is 11.9 Å². The number of aromatic nitrogens is 1. The average molecular weight is 235 g/mol. The number of anilines is 1. The number of rotatable bonds is 5. The van der Waals surface area contributed by atoms with Crippen molar-refractivity contribution in [3.63, 3.8) is 0 Å². The van der Waals surface area contributed by atoms with Gasteiger partial charge in [0.2, 0.25) is 0 Å². The third kappa shape index (κ3) is 3.44. The van der Waals surface area contributed by atoms with Gasteiger partial charge < -0.3 is 10.2 Å². The van der Waals surface area contributed by atoms with E-state index >= 15 is 0 Å². The van der Waals surface area contributed by atoms with Gasteiger partial charge >= 0.3 is 0 Å². The maximum atomic E-state index is 12.3. The van der Waals surface area contributed by atoms with E-state index in [2.05, 4.69) is 17.2 Å². The predicted octanol–water partition coefficient (Wildman–Crippen LogP) is 2.38. The second-order valence-electron chi connectivity index (χ2n) is 4.25. The minimum Gasteiger partial charge on any atom is -0.373 e. The summed E-state index contributed by atoms with van der Waals surface area (Å²) >= 11 is 0. The zero-order chi connectivity index (χ0) is 12.8. The summed E-state index contributed by atoms with van der Waals surface area (Å²) in [5.74, 6) is 0.718. The van der Waals surface area contributed by atoms with Gasteiger partial charge in [-0.25, -0.2) is 4.98 Å². The Morgan fingerprint density at radius 2 is 2.18 bits per heavy atom. The highest BCUT2D eigenvalue weighted by Crippen LogP contribution is 2.10. The van der Waals surface area contributed by atoms with Crippen molar-refractivity contribution in [3.8, 4) is 0 Å². The number of carbonyl (C=O) groups is 1. The first kappa shape index (κ1) is 13.5. The molecule has 1 aromatic rings. The van der Waals surface area contributed by atoms with Crippen LogP contribution in [0.2, 0.25) is 0 Å². The summed E-state index contributed by atoms with van der Waals surface area (Å²) < 4.78 is 0. The van der Waals surface area contributed by atoms with Crippen LogP contribution in [0.25, 0.3) is 0 Å². The van der Waals surface area contributed by atoms with Gasteiger partial charge in [-0.1, -0.05) is 13.0 Å². The predicted molar refractivity (Wildman–Crippen MR) is 70.2 cm³/mol. The summed E-state index contributed by atoms with van der Waals surface area (Å²) in [6, 6.07) is 5.64. The molecule has 1 amide bonds. The maximum absolute atomic E-state index is 12.3. The highest BCUT2D eigenvalue weighted by Gasteiger charge is 2.18. The quantitative estimate of drug-likeness (QED) is 0.852. The second-order valence-corrected chi connectivity index (χ2v) is 4.25. The van der Waals surface area contributed by atoms with Crippen molar-refractivity contribution in [3.05, 3.63) is 23.9 Å². The zero-order valence-corrected chi connectivity index (χ0v) is 11.0. The molecule has 0 aliphatic heterocycles. The molecule has 17 heavy (non-hydrogen) atoms. The molecule has 0 spiro atoms. The first-order valence-electron chi connectivity index (χ1n) is 6.06. The minimum absolute atomic E-state index is 0.000972. The summed E-state index contributed by atoms with van der Waals surface area (Å²) in [5, 5.41) is 2.94. The smallest absolute Gasteiger partial charge is 0.272 e. The van der Waals surface area contributed by atoms with E-state index in [4.69, 9.17) is 0 Å². The standard InChI is InChI=1S/C13H21N3O/c1-5-9-16(10(2)3)13(17)11-7-6-8-12(14-4)15-11/h6-8,10H,5,9H2,1-4H3,(H,14,15). The van der Waals surface area contributed by atoms with Crippen molar-refractivity contribution in [2.24, 2.45) is 0 Å². The molecule has 0 aliphatic carbocycles. The van der Waals surface area contributed by atoms with E-state index in [9.17, 15) is 4.79 Å². The number of hydrogen-bond acceptors (Lipinski definition) is 3. The molecule has 0 bridgehead atoms. The van der Waals surface area contributed by atoms with Crippen molar-refractivity contribution in [2.45, 2.75) is 33.2 Å². The van der Waals surface area contributed by atoms with Gasteiger partial charge in [0.05, 0.1) is 0 Å². The molecule has 4 heteroatoms. The Hall–Kier alpha value is -1.58. The SMILES string of the molecule is CCCN(C(=O)c1cccc(NC)n1)C(C)C. The zero-order valence-electron chi connectivity index (χ0n) is 11.0. The van der Waals surface area contributed by atoms with E-state index < -0.39 is 0 Å².